The van der Waals surface area contributed by atoms with Gasteiger partial charge in [-0.25, -0.2) is 91.7 Å². The van der Waals surface area contributed by atoms with Gasteiger partial charge in [-0.3, -0.25) is 57.1 Å². The molecule has 0 saturated heterocycles. The molecule has 0 unspecified atom stereocenters. The van der Waals surface area contributed by atoms with E-state index in [9.17, 15) is 102 Å². The first-order chi connectivity index (χ1) is 65.5. The number of nitro groups is 1. The molecule has 44 nitrogen and oxygen atoms in total. The van der Waals surface area contributed by atoms with E-state index in [0.717, 1.165) is 77.1 Å². The maximum Gasteiger partial charge on any atom is 0.333 e. The van der Waals surface area contributed by atoms with Crippen molar-refractivity contribution < 1.29 is 72.5 Å². The Kier molecular flexibility index (Phi) is 30.0. The van der Waals surface area contributed by atoms with E-state index in [1.54, 1.807) is 75.7 Å². The van der Waals surface area contributed by atoms with E-state index in [1.165, 1.54) is 157 Å². The minimum absolute atomic E-state index is 0.0597. The normalized spacial score (nSPS) is 11.2. The zero-order valence-corrected chi connectivity index (χ0v) is 79.4. The number of hydrogen-bond donors (Lipinski definition) is 14. The average molecular weight is 2100 g/mol. The summed E-state index contributed by atoms with van der Waals surface area (Å²) in [6, 6.07) is 40.4. The van der Waals surface area contributed by atoms with Crippen LogP contribution in [0.5, 0.6) is 5.75 Å². The van der Waals surface area contributed by atoms with Crippen LogP contribution in [-0.2, 0) is 40.1 Å². The first-order valence-electron chi connectivity index (χ1n) is 38.3. The number of aromatic hydroxyl groups is 1. The third-order valence-corrected chi connectivity index (χ3v) is 31.1. The summed E-state index contributed by atoms with van der Waals surface area (Å²) in [4.78, 5) is 152. The Morgan fingerprint density at radius 2 is 0.710 bits per heavy atom. The highest BCUT2D eigenvalue weighted by Crippen LogP contribution is 2.34. The second-order valence-electron chi connectivity index (χ2n) is 27.7. The zero-order valence-electron chi connectivity index (χ0n) is 69.8. The molecule has 12 heterocycles. The fraction of sp³-hybridized carbons (Fsp3) is 0.0366. The molecule has 16 rings (SSSR count). The lowest BCUT2D eigenvalue weighted by Crippen LogP contribution is -2.34. The van der Waals surface area contributed by atoms with Crippen LogP contribution < -0.4 is 89.8 Å². The van der Waals surface area contributed by atoms with Crippen LogP contribution in [-0.4, -0.2) is 139 Å². The number of urea groups is 4. The summed E-state index contributed by atoms with van der Waals surface area (Å²) >= 11 is 26.1. The third kappa shape index (κ3) is 22.7. The molecule has 0 aliphatic rings. The van der Waals surface area contributed by atoms with Crippen molar-refractivity contribution in [3.05, 3.63) is 305 Å². The molecule has 16 aromatic rings. The zero-order chi connectivity index (χ0) is 99.7. The highest BCUT2D eigenvalue weighted by molar-refractivity contribution is 7.93. The Labute approximate surface area is 811 Å². The van der Waals surface area contributed by atoms with Gasteiger partial charge in [-0.05, 0) is 158 Å². The smallest absolute Gasteiger partial charge is 0.333 e. The number of thiophene rings is 4. The van der Waals surface area contributed by atoms with Crippen molar-refractivity contribution in [1.82, 2.24) is 57.1 Å². The molecule has 0 saturated carbocycles. The van der Waals surface area contributed by atoms with Gasteiger partial charge in [0, 0.05) is 77.5 Å². The lowest BCUT2D eigenvalue weighted by atomic mass is 10.1. The van der Waals surface area contributed by atoms with Crippen LogP contribution in [0.25, 0.3) is 66.4 Å². The van der Waals surface area contributed by atoms with Gasteiger partial charge >= 0.3 is 24.1 Å². The summed E-state index contributed by atoms with van der Waals surface area (Å²) in [7, 11) is -11.3. The first kappa shape index (κ1) is 99.7. The van der Waals surface area contributed by atoms with Gasteiger partial charge in [-0.15, -0.1) is 45.3 Å². The predicted octanol–water partition coefficient (Wildman–Crippen LogP) is 12.3. The fourth-order valence-electron chi connectivity index (χ4n) is 12.7. The van der Waals surface area contributed by atoms with Crippen LogP contribution in [0.15, 0.2) is 255 Å². The number of aromatic nitrogens is 8. The summed E-state index contributed by atoms with van der Waals surface area (Å²) in [5, 5.41) is 52.0. The van der Waals surface area contributed by atoms with Gasteiger partial charge in [0.25, 0.3) is 79.8 Å². The number of pyridine rings is 8. The molecule has 0 atom stereocenters. The fourth-order valence-corrected chi connectivity index (χ4v) is 22.2. The molecule has 10 amide bonds. The lowest BCUT2D eigenvalue weighted by molar-refractivity contribution is -0.383. The van der Waals surface area contributed by atoms with E-state index in [2.05, 4.69) is 63.2 Å². The minimum atomic E-state index is -4.13. The Bertz CT molecular complexity index is 8210. The topological polar surface area (TPSA) is 650 Å². The number of sulfonamides is 4. The van der Waals surface area contributed by atoms with Crippen LogP contribution >= 0.6 is 91.8 Å². The van der Waals surface area contributed by atoms with E-state index in [4.69, 9.17) is 57.9 Å². The van der Waals surface area contributed by atoms with E-state index < -0.39 is 109 Å². The number of carbonyl (C=O) groups excluding carboxylic acids is 6. The third-order valence-electron chi connectivity index (χ3n) is 18.9. The van der Waals surface area contributed by atoms with Crippen LogP contribution in [0.3, 0.4) is 0 Å². The number of hydrogen-bond acceptors (Lipinski definition) is 33. The molecular formula is C82H61Cl4N23O21S8. The van der Waals surface area contributed by atoms with Crippen molar-refractivity contribution in [2.45, 2.75) is 16.8 Å². The minimum Gasteiger partial charge on any atom is -0.505 e. The number of amides is 10. The number of nitriles is 1. The molecule has 0 radical (unpaired) electrons. The number of benzene rings is 4. The van der Waals surface area contributed by atoms with Gasteiger partial charge in [0.1, 0.15) is 46.2 Å². The predicted molar refractivity (Wildman–Crippen MR) is 523 cm³/mol. The van der Waals surface area contributed by atoms with Crippen molar-refractivity contribution in [3.63, 3.8) is 0 Å². The summed E-state index contributed by atoms with van der Waals surface area (Å²) in [5.41, 5.74) is 11.2. The van der Waals surface area contributed by atoms with Crippen LogP contribution in [0.4, 0.5) is 64.7 Å². The SMILES string of the molecule is CNc1ccc2c(=O)n(-c3ccc(NC(=O)NS(=O)(=O)c4ccc(Cl)s4)cn3)cc(C#N)c2c1.CNc1ccc2c(=O)n(-c3ccc(NC(=O)NS(=O)(=O)c4ccc(Cl)s4)cn3)cc(C(N)=O)c2c1.CNc1ccc2c(=O)n(-c3ccc(NC(=O)NS(=O)(=O)c4ccc(Cl)s4)cn3)cc([N+](=O)[O-])c2c1.NC(=O)c1c(O)c2ccccc2c(=O)n1-c1ccc(NC(=O)NS(=O)(=O)c2ccc(Cl)s2)cn1. The second kappa shape index (κ2) is 41.6. The molecule has 706 valence electrons. The van der Waals surface area contributed by atoms with Gasteiger partial charge in [-0.1, -0.05) is 64.6 Å². The maximum absolute atomic E-state index is 13.1. The number of nitrogens with zero attached hydrogens (tertiary/aromatic N) is 10. The van der Waals surface area contributed by atoms with Crippen molar-refractivity contribution in [2.24, 2.45) is 11.5 Å². The molecule has 56 heteroatoms. The van der Waals surface area contributed by atoms with Gasteiger partial charge in [0.05, 0.1) is 103 Å². The molecule has 0 bridgehead atoms. The van der Waals surface area contributed by atoms with Crippen molar-refractivity contribution in [2.75, 3.05) is 58.4 Å². The summed E-state index contributed by atoms with van der Waals surface area (Å²) in [6.07, 6.45) is 8.57. The van der Waals surface area contributed by atoms with Crippen LogP contribution in [0.2, 0.25) is 17.3 Å². The lowest BCUT2D eigenvalue weighted by Gasteiger charge is -2.14. The van der Waals surface area contributed by atoms with E-state index >= 15 is 0 Å². The summed E-state index contributed by atoms with van der Waals surface area (Å²) in [5.74, 6) is -1.89. The van der Waals surface area contributed by atoms with Crippen molar-refractivity contribution in [3.8, 4) is 35.1 Å². The molecule has 0 aliphatic carbocycles. The Morgan fingerprint density at radius 3 is 1.03 bits per heavy atom. The number of carbonyl (C=O) groups is 6. The van der Waals surface area contributed by atoms with E-state index in [-0.39, 0.29) is 130 Å². The number of fused-ring (bicyclic) bond motifs is 4. The van der Waals surface area contributed by atoms with Crippen LogP contribution in [0, 0.1) is 21.4 Å². The van der Waals surface area contributed by atoms with Gasteiger partial charge in [0.15, 0.2) is 11.4 Å². The van der Waals surface area contributed by atoms with Crippen molar-refractivity contribution >= 4 is 256 Å². The first-order valence-corrected chi connectivity index (χ1v) is 49.0. The number of anilines is 7. The molecule has 12 aromatic heterocycles. The molecule has 16 N–H and O–H groups in total. The molecule has 0 aliphatic heterocycles. The second-order valence-corrected chi connectivity index (χ2v) is 42.2. The Balaban J connectivity index is 0.000000155. The summed E-state index contributed by atoms with van der Waals surface area (Å²) < 4.78 is 110. The monoisotopic (exact) mass is 2100 g/mol. The van der Waals surface area contributed by atoms with E-state index in [1.807, 2.05) is 18.9 Å². The van der Waals surface area contributed by atoms with Gasteiger partial charge < -0.3 is 53.8 Å². The number of halogens is 4. The number of nitrogens with one attached hydrogen (secondary N) is 11. The Morgan fingerprint density at radius 1 is 0.399 bits per heavy atom. The Hall–Kier alpha value is -15.8. The maximum atomic E-state index is 13.1. The largest absolute Gasteiger partial charge is 0.505 e. The van der Waals surface area contributed by atoms with Gasteiger partial charge in [-0.2, -0.15) is 5.26 Å². The molecule has 138 heavy (non-hydrogen) atoms. The quantitative estimate of drug-likeness (QED) is 0.0221. The average Bonchev–Trinajstić information content (AvgIpc) is 1.28. The highest BCUT2D eigenvalue weighted by Gasteiger charge is 2.29. The standard InChI is InChI=1S/C21H17ClN6O5S2.C21H15ClN6O4S2.C20H15ClN6O6S2.C20H14ClN5O6S2/c1-24-11-2-4-13-14(8-11)15(19(23)29)10-28(20(13)30)17-6-3-12(9-25-17)26-21(31)27-35(32,33)18-7-5-16(22)34-18;1-24-13-2-4-15-16(8-13)12(9-23)11-28(20(15)29)18-6-3-14(10-25-18)26-21(30)27-34(31,32)19-7-5-17(22)33-19;1-22-11-2-4-13-14(8-11)15(27(30)31)10-26(19(13)28)17-6-3-12(9-23-17)24-20(29)25-35(32,33)18-7-5-16(21)34-18;21-13-6-8-15(33-13)34(31,32)25-20(30)24-10-5-7-14(23-9-10)26-16(18(22)28)17(27)11-3-1-2-4-12(11)19(26)29/h2-10,24H,1H3,(H2,23,29)(H2,26,27,31);2-8,10-11,24H,1H3,(H2,26,27,30);2-10,22H,1H3,(H2,24,25,29);1-9,27H,(H2,22,28)(H2,24,25,30). The van der Waals surface area contributed by atoms with Gasteiger partial charge in [0.2, 0.25) is 0 Å². The molecule has 0 fully saturated rings. The molecular weight excluding hydrogens is 2040 g/mol. The highest BCUT2D eigenvalue weighted by atomic mass is 35.5. The molecule has 0 spiro atoms. The van der Waals surface area contributed by atoms with Crippen molar-refractivity contribution in [1.29, 1.82) is 5.26 Å². The van der Waals surface area contributed by atoms with Crippen LogP contribution in [0.1, 0.15) is 26.4 Å². The number of rotatable bonds is 22. The van der Waals surface area contributed by atoms with E-state index in [0.29, 0.717) is 27.5 Å². The summed E-state index contributed by atoms with van der Waals surface area (Å²) in [6.45, 7) is 0. The molecule has 4 aromatic carbocycles. The number of primary amides is 2. The number of nitrogens with two attached hydrogens (primary N) is 2.